The molecule has 12 heteroatoms. The van der Waals surface area contributed by atoms with Crippen molar-refractivity contribution in [2.45, 2.75) is 32.9 Å². The molecule has 1 aromatic heterocycles. The number of nitrogens with two attached hydrogens (primary N) is 1. The number of carbonyl (C=O) groups excluding carboxylic acids is 3. The van der Waals surface area contributed by atoms with E-state index in [9.17, 15) is 27.6 Å². The SMILES string of the molecule is CC(=NNC(=O)c1ccc(C(=O)N2CCCC2)s1)C(C(=O)Nc1ccc(C(F)(F)F)cc1)=C(C)N. The zero-order chi connectivity index (χ0) is 25.8. The highest BCUT2D eigenvalue weighted by Gasteiger charge is 2.30. The molecule has 1 saturated heterocycles. The minimum absolute atomic E-state index is 0.0405. The van der Waals surface area contributed by atoms with E-state index in [2.05, 4.69) is 15.8 Å². The van der Waals surface area contributed by atoms with E-state index in [1.54, 1.807) is 11.0 Å². The lowest BCUT2D eigenvalue weighted by atomic mass is 10.1. The normalized spacial score (nSPS) is 15.0. The van der Waals surface area contributed by atoms with Gasteiger partial charge in [0.25, 0.3) is 17.7 Å². The van der Waals surface area contributed by atoms with Crippen LogP contribution < -0.4 is 16.5 Å². The van der Waals surface area contributed by atoms with Gasteiger partial charge in [-0.05, 0) is 63.1 Å². The Bertz CT molecular complexity index is 1180. The van der Waals surface area contributed by atoms with Crippen LogP contribution >= 0.6 is 11.3 Å². The molecule has 0 unspecified atom stereocenters. The molecule has 2 heterocycles. The molecule has 186 valence electrons. The summed E-state index contributed by atoms with van der Waals surface area (Å²) in [7, 11) is 0. The van der Waals surface area contributed by atoms with E-state index in [1.165, 1.54) is 19.9 Å². The van der Waals surface area contributed by atoms with Gasteiger partial charge in [0, 0.05) is 24.5 Å². The van der Waals surface area contributed by atoms with Gasteiger partial charge < -0.3 is 16.0 Å². The van der Waals surface area contributed by atoms with Crippen LogP contribution in [0.15, 0.2) is 52.8 Å². The molecule has 3 amide bonds. The number of alkyl halides is 3. The van der Waals surface area contributed by atoms with Gasteiger partial charge in [0.05, 0.1) is 26.6 Å². The third-order valence-corrected chi connectivity index (χ3v) is 6.28. The van der Waals surface area contributed by atoms with Gasteiger partial charge in [0.2, 0.25) is 0 Å². The van der Waals surface area contributed by atoms with Crippen LogP contribution in [-0.4, -0.2) is 41.4 Å². The van der Waals surface area contributed by atoms with E-state index < -0.39 is 23.6 Å². The van der Waals surface area contributed by atoms with E-state index in [-0.39, 0.29) is 33.5 Å². The lowest BCUT2D eigenvalue weighted by Crippen LogP contribution is -2.26. The number of nitrogens with zero attached hydrogens (tertiary/aromatic N) is 2. The minimum atomic E-state index is -4.49. The van der Waals surface area contributed by atoms with Crippen LogP contribution in [0.2, 0.25) is 0 Å². The van der Waals surface area contributed by atoms with Crippen LogP contribution in [0.4, 0.5) is 18.9 Å². The number of likely N-dealkylation sites (tertiary alicyclic amines) is 1. The van der Waals surface area contributed by atoms with Gasteiger partial charge in [-0.25, -0.2) is 5.43 Å². The predicted molar refractivity (Wildman–Crippen MR) is 127 cm³/mol. The molecule has 0 spiro atoms. The van der Waals surface area contributed by atoms with Crippen molar-refractivity contribution < 1.29 is 27.6 Å². The van der Waals surface area contributed by atoms with Gasteiger partial charge in [-0.15, -0.1) is 11.3 Å². The summed E-state index contributed by atoms with van der Waals surface area (Å²) in [6.45, 7) is 4.31. The van der Waals surface area contributed by atoms with Crippen LogP contribution in [0.25, 0.3) is 0 Å². The van der Waals surface area contributed by atoms with Gasteiger partial charge in [-0.1, -0.05) is 0 Å². The van der Waals surface area contributed by atoms with E-state index in [4.69, 9.17) is 5.73 Å². The maximum Gasteiger partial charge on any atom is 0.416 e. The highest BCUT2D eigenvalue weighted by atomic mass is 32.1. The summed E-state index contributed by atoms with van der Waals surface area (Å²) in [5, 5.41) is 6.41. The van der Waals surface area contributed by atoms with Gasteiger partial charge >= 0.3 is 6.18 Å². The molecular formula is C23H24F3N5O3S. The Morgan fingerprint density at radius 1 is 1.00 bits per heavy atom. The number of hydrogen-bond donors (Lipinski definition) is 3. The summed E-state index contributed by atoms with van der Waals surface area (Å²) in [5.74, 6) is -1.38. The van der Waals surface area contributed by atoms with Crippen molar-refractivity contribution in [3.05, 3.63) is 63.0 Å². The number of benzene rings is 1. The summed E-state index contributed by atoms with van der Waals surface area (Å²) in [5.41, 5.74) is 7.59. The fraction of sp³-hybridized carbons (Fsp3) is 0.304. The lowest BCUT2D eigenvalue weighted by Gasteiger charge is -2.13. The number of amides is 3. The fourth-order valence-electron chi connectivity index (χ4n) is 3.46. The summed E-state index contributed by atoms with van der Waals surface area (Å²) in [6.07, 6.45) is -2.57. The van der Waals surface area contributed by atoms with E-state index in [0.29, 0.717) is 18.0 Å². The fourth-order valence-corrected chi connectivity index (χ4v) is 4.33. The number of hydrogen-bond acceptors (Lipinski definition) is 6. The quantitative estimate of drug-likeness (QED) is 0.312. The van der Waals surface area contributed by atoms with Crippen molar-refractivity contribution in [1.29, 1.82) is 0 Å². The highest BCUT2D eigenvalue weighted by Crippen LogP contribution is 2.30. The number of carbonyl (C=O) groups is 3. The molecule has 2 aromatic rings. The predicted octanol–water partition coefficient (Wildman–Crippen LogP) is 3.98. The molecule has 8 nitrogen and oxygen atoms in total. The number of halogens is 3. The van der Waals surface area contributed by atoms with E-state index >= 15 is 0 Å². The number of allylic oxidation sites excluding steroid dienone is 1. The number of hydrazone groups is 1. The number of anilines is 1. The van der Waals surface area contributed by atoms with Crippen LogP contribution in [0.1, 0.15) is 51.6 Å². The molecule has 1 aromatic carbocycles. The van der Waals surface area contributed by atoms with Gasteiger partial charge in [0.1, 0.15) is 0 Å². The van der Waals surface area contributed by atoms with Gasteiger partial charge in [-0.2, -0.15) is 18.3 Å². The maximum atomic E-state index is 12.7. The molecule has 0 atom stereocenters. The second-order valence-corrected chi connectivity index (χ2v) is 8.97. The Kier molecular flexibility index (Phi) is 7.95. The first kappa shape index (κ1) is 25.9. The third-order valence-electron chi connectivity index (χ3n) is 5.21. The molecule has 0 radical (unpaired) electrons. The first-order valence-corrected chi connectivity index (χ1v) is 11.5. The third kappa shape index (κ3) is 6.47. The topological polar surface area (TPSA) is 117 Å². The zero-order valence-electron chi connectivity index (χ0n) is 19.0. The van der Waals surface area contributed by atoms with Crippen LogP contribution in [-0.2, 0) is 11.0 Å². The highest BCUT2D eigenvalue weighted by molar-refractivity contribution is 7.15. The molecule has 3 rings (SSSR count). The summed E-state index contributed by atoms with van der Waals surface area (Å²) in [6, 6.07) is 7.05. The van der Waals surface area contributed by atoms with Gasteiger partial charge in [-0.3, -0.25) is 14.4 Å². The Morgan fingerprint density at radius 2 is 1.60 bits per heavy atom. The largest absolute Gasteiger partial charge is 0.416 e. The average molecular weight is 508 g/mol. The first-order chi connectivity index (χ1) is 16.5. The molecular weight excluding hydrogens is 483 g/mol. The molecule has 0 saturated carbocycles. The number of rotatable bonds is 6. The average Bonchev–Trinajstić information content (AvgIpc) is 3.49. The summed E-state index contributed by atoms with van der Waals surface area (Å²) >= 11 is 1.04. The molecule has 1 aliphatic heterocycles. The maximum absolute atomic E-state index is 12.7. The van der Waals surface area contributed by atoms with Crippen molar-refractivity contribution >= 4 is 40.5 Å². The standard InChI is InChI=1S/C23H24F3N5O3S/c1-13(27)19(21(33)28-16-7-5-15(6-8-16)23(24,25)26)14(2)29-30-20(32)17-9-10-18(35-17)22(34)31-11-3-4-12-31/h5-10H,3-4,11-12,27H2,1-2H3,(H,28,33)(H,30,32). The van der Waals surface area contributed by atoms with Crippen molar-refractivity contribution in [1.82, 2.24) is 10.3 Å². The number of thiophene rings is 1. The Morgan fingerprint density at radius 3 is 2.17 bits per heavy atom. The molecule has 35 heavy (non-hydrogen) atoms. The summed E-state index contributed by atoms with van der Waals surface area (Å²) in [4.78, 5) is 40.1. The lowest BCUT2D eigenvalue weighted by molar-refractivity contribution is -0.137. The molecule has 1 aliphatic rings. The monoisotopic (exact) mass is 507 g/mol. The van der Waals surface area contributed by atoms with Crippen molar-refractivity contribution in [3.8, 4) is 0 Å². The van der Waals surface area contributed by atoms with Crippen LogP contribution in [0, 0.1) is 0 Å². The minimum Gasteiger partial charge on any atom is -0.402 e. The van der Waals surface area contributed by atoms with E-state index in [1.807, 2.05) is 0 Å². The number of nitrogens with one attached hydrogen (secondary N) is 2. The molecule has 0 aliphatic carbocycles. The first-order valence-electron chi connectivity index (χ1n) is 10.7. The Labute approximate surface area is 203 Å². The van der Waals surface area contributed by atoms with Crippen LogP contribution in [0.3, 0.4) is 0 Å². The second-order valence-electron chi connectivity index (χ2n) is 7.89. The smallest absolute Gasteiger partial charge is 0.402 e. The Hall–Kier alpha value is -3.67. The second kappa shape index (κ2) is 10.7. The van der Waals surface area contributed by atoms with Crippen molar-refractivity contribution in [2.24, 2.45) is 10.8 Å². The van der Waals surface area contributed by atoms with Crippen molar-refractivity contribution in [2.75, 3.05) is 18.4 Å². The van der Waals surface area contributed by atoms with Crippen molar-refractivity contribution in [3.63, 3.8) is 0 Å². The summed E-state index contributed by atoms with van der Waals surface area (Å²) < 4.78 is 38.2. The Balaban J connectivity index is 1.66. The zero-order valence-corrected chi connectivity index (χ0v) is 19.8. The molecule has 1 fully saturated rings. The molecule has 4 N–H and O–H groups in total. The van der Waals surface area contributed by atoms with E-state index in [0.717, 1.165) is 48.4 Å². The van der Waals surface area contributed by atoms with Crippen LogP contribution in [0.5, 0.6) is 0 Å². The molecule has 0 bridgehead atoms. The van der Waals surface area contributed by atoms with Gasteiger partial charge in [0.15, 0.2) is 0 Å².